The van der Waals surface area contributed by atoms with Gasteiger partial charge in [-0.15, -0.1) is 0 Å². The molecule has 0 bridgehead atoms. The molecule has 35 heavy (non-hydrogen) atoms. The Morgan fingerprint density at radius 3 is 1.97 bits per heavy atom. The molecule has 0 aromatic heterocycles. The van der Waals surface area contributed by atoms with E-state index in [2.05, 4.69) is 16.0 Å². The average Bonchev–Trinajstić information content (AvgIpc) is 2.86. The first-order valence-corrected chi connectivity index (χ1v) is 11.7. The molecule has 0 radical (unpaired) electrons. The summed E-state index contributed by atoms with van der Waals surface area (Å²) in [5.41, 5.74) is 4.20. The van der Waals surface area contributed by atoms with Gasteiger partial charge in [0.2, 0.25) is 17.7 Å². The monoisotopic (exact) mass is 472 g/mol. The Bertz CT molecular complexity index is 1150. The number of carbonyl (C=O) groups excluding carboxylic acids is 3. The zero-order valence-corrected chi connectivity index (χ0v) is 20.2. The minimum atomic E-state index is -0.203. The second-order valence-electron chi connectivity index (χ2n) is 8.50. The van der Waals surface area contributed by atoms with Crippen LogP contribution in [0.4, 0.5) is 17.1 Å². The normalized spacial score (nSPS) is 10.3. The number of nitrogens with one attached hydrogen (secondary N) is 3. The fourth-order valence-corrected chi connectivity index (χ4v) is 3.50. The summed E-state index contributed by atoms with van der Waals surface area (Å²) in [6, 6.07) is 24.7. The number of carbonyl (C=O) groups is 3. The Hall–Kier alpha value is -4.13. The van der Waals surface area contributed by atoms with Crippen LogP contribution in [0.5, 0.6) is 0 Å². The molecule has 0 saturated heterocycles. The van der Waals surface area contributed by atoms with Crippen molar-refractivity contribution in [3.05, 3.63) is 90.0 Å². The lowest BCUT2D eigenvalue weighted by molar-refractivity contribution is -0.128. The van der Waals surface area contributed by atoms with E-state index in [0.717, 1.165) is 16.8 Å². The topological polar surface area (TPSA) is 90.5 Å². The predicted octanol–water partition coefficient (Wildman–Crippen LogP) is 4.33. The molecule has 7 nitrogen and oxygen atoms in total. The van der Waals surface area contributed by atoms with Crippen LogP contribution in [0.15, 0.2) is 78.9 Å². The van der Waals surface area contributed by atoms with Crippen LogP contribution < -0.4 is 16.0 Å². The van der Waals surface area contributed by atoms with Gasteiger partial charge in [0.25, 0.3) is 0 Å². The van der Waals surface area contributed by atoms with E-state index in [0.29, 0.717) is 37.1 Å². The summed E-state index contributed by atoms with van der Waals surface area (Å²) >= 11 is 0. The number of amides is 3. The van der Waals surface area contributed by atoms with E-state index in [1.54, 1.807) is 43.3 Å². The number of aryl methyl sites for hydroxylation is 2. The molecule has 182 valence electrons. The van der Waals surface area contributed by atoms with Crippen LogP contribution in [0.3, 0.4) is 0 Å². The fraction of sp³-hybridized carbons (Fsp3) is 0.250. The van der Waals surface area contributed by atoms with Gasteiger partial charge in [0, 0.05) is 44.0 Å². The van der Waals surface area contributed by atoms with Crippen molar-refractivity contribution in [1.82, 2.24) is 4.90 Å². The molecule has 3 rings (SSSR count). The highest BCUT2D eigenvalue weighted by Crippen LogP contribution is 2.16. The van der Waals surface area contributed by atoms with E-state index >= 15 is 0 Å². The van der Waals surface area contributed by atoms with Crippen LogP contribution in [0.2, 0.25) is 0 Å². The Kier molecular flexibility index (Phi) is 9.42. The molecule has 3 amide bonds. The summed E-state index contributed by atoms with van der Waals surface area (Å²) in [5.74, 6) is -0.200. The zero-order chi connectivity index (χ0) is 25.0. The number of hydrogen-bond donors (Lipinski definition) is 3. The van der Waals surface area contributed by atoms with E-state index in [4.69, 9.17) is 0 Å². The highest BCUT2D eigenvalue weighted by Gasteiger charge is 2.08. The first-order chi connectivity index (χ1) is 16.9. The van der Waals surface area contributed by atoms with Crippen molar-refractivity contribution in [3.8, 4) is 0 Å². The highest BCUT2D eigenvalue weighted by molar-refractivity contribution is 5.95. The van der Waals surface area contributed by atoms with Gasteiger partial charge in [-0.1, -0.05) is 48.5 Å². The van der Waals surface area contributed by atoms with Gasteiger partial charge in [-0.05, 0) is 54.3 Å². The van der Waals surface area contributed by atoms with Crippen LogP contribution in [-0.2, 0) is 27.2 Å². The summed E-state index contributed by atoms with van der Waals surface area (Å²) in [6.45, 7) is 0.0910. The van der Waals surface area contributed by atoms with E-state index in [-0.39, 0.29) is 24.3 Å². The van der Waals surface area contributed by atoms with Crippen LogP contribution in [0.25, 0.3) is 0 Å². The molecule has 3 N–H and O–H groups in total. The quantitative estimate of drug-likeness (QED) is 0.387. The van der Waals surface area contributed by atoms with Gasteiger partial charge in [-0.25, -0.2) is 0 Å². The first-order valence-electron chi connectivity index (χ1n) is 11.7. The molecule has 0 heterocycles. The molecule has 0 spiro atoms. The maximum atomic E-state index is 12.4. The molecule has 0 aliphatic heterocycles. The number of rotatable bonds is 11. The lowest BCUT2D eigenvalue weighted by Crippen LogP contribution is -2.22. The smallest absolute Gasteiger partial charge is 0.243 e. The van der Waals surface area contributed by atoms with E-state index < -0.39 is 0 Å². The van der Waals surface area contributed by atoms with Crippen LogP contribution in [0.1, 0.15) is 24.0 Å². The van der Waals surface area contributed by atoms with Gasteiger partial charge in [0.1, 0.15) is 0 Å². The molecule has 0 unspecified atom stereocenters. The van der Waals surface area contributed by atoms with Crippen molar-refractivity contribution in [3.63, 3.8) is 0 Å². The van der Waals surface area contributed by atoms with Crippen molar-refractivity contribution >= 4 is 34.8 Å². The summed E-state index contributed by atoms with van der Waals surface area (Å²) < 4.78 is 0. The lowest BCUT2D eigenvalue weighted by Gasteiger charge is -2.12. The molecule has 0 atom stereocenters. The van der Waals surface area contributed by atoms with Gasteiger partial charge in [-0.3, -0.25) is 14.4 Å². The third-order valence-corrected chi connectivity index (χ3v) is 5.42. The lowest BCUT2D eigenvalue weighted by atomic mass is 10.1. The Balaban J connectivity index is 1.45. The molecule has 0 fully saturated rings. The number of nitrogens with zero attached hydrogens (tertiary/aromatic N) is 1. The maximum absolute atomic E-state index is 12.4. The van der Waals surface area contributed by atoms with Gasteiger partial charge in [0.15, 0.2) is 0 Å². The van der Waals surface area contributed by atoms with E-state index in [1.165, 1.54) is 0 Å². The summed E-state index contributed by atoms with van der Waals surface area (Å²) in [5, 5.41) is 8.85. The average molecular weight is 473 g/mol. The van der Waals surface area contributed by atoms with Crippen molar-refractivity contribution in [1.29, 1.82) is 0 Å². The van der Waals surface area contributed by atoms with Crippen molar-refractivity contribution in [2.24, 2.45) is 0 Å². The molecule has 0 aliphatic rings. The summed E-state index contributed by atoms with van der Waals surface area (Å²) in [7, 11) is 3.49. The molecular weight excluding hydrogens is 440 g/mol. The molecule has 3 aromatic carbocycles. The molecule has 3 aromatic rings. The second-order valence-corrected chi connectivity index (χ2v) is 8.50. The minimum Gasteiger partial charge on any atom is -0.376 e. The zero-order valence-electron chi connectivity index (χ0n) is 20.2. The molecule has 0 saturated carbocycles. The third-order valence-electron chi connectivity index (χ3n) is 5.42. The minimum absolute atomic E-state index is 0.0776. The van der Waals surface area contributed by atoms with E-state index in [9.17, 15) is 14.4 Å². The largest absolute Gasteiger partial charge is 0.376 e. The number of anilines is 3. The molecule has 7 heteroatoms. The van der Waals surface area contributed by atoms with Crippen LogP contribution in [0, 0.1) is 0 Å². The molecular formula is C28H32N4O3. The number of benzene rings is 3. The Morgan fingerprint density at radius 1 is 0.657 bits per heavy atom. The van der Waals surface area contributed by atoms with Crippen molar-refractivity contribution < 1.29 is 14.4 Å². The van der Waals surface area contributed by atoms with Crippen molar-refractivity contribution in [2.45, 2.75) is 25.7 Å². The molecule has 0 aliphatic carbocycles. The highest BCUT2D eigenvalue weighted by atomic mass is 16.2. The van der Waals surface area contributed by atoms with Gasteiger partial charge >= 0.3 is 0 Å². The summed E-state index contributed by atoms with van der Waals surface area (Å²) in [6.07, 6.45) is 2.13. The van der Waals surface area contributed by atoms with Gasteiger partial charge in [0.05, 0.1) is 6.54 Å². The predicted molar refractivity (Wildman–Crippen MR) is 140 cm³/mol. The standard InChI is InChI=1S/C28H32N4O3/c1-32(2)28(35)17-15-22-10-6-11-23(18-22)29-20-27(34)31-25-13-7-12-24(19-25)30-26(33)16-14-21-8-4-3-5-9-21/h3-13,18-19,29H,14-17,20H2,1-2H3,(H,30,33)(H,31,34). The fourth-order valence-electron chi connectivity index (χ4n) is 3.50. The Morgan fingerprint density at radius 2 is 1.26 bits per heavy atom. The van der Waals surface area contributed by atoms with Gasteiger partial charge in [-0.2, -0.15) is 0 Å². The van der Waals surface area contributed by atoms with Crippen LogP contribution >= 0.6 is 0 Å². The second kappa shape index (κ2) is 12.9. The SMILES string of the molecule is CN(C)C(=O)CCc1cccc(NCC(=O)Nc2cccc(NC(=O)CCc3ccccc3)c2)c1. The first kappa shape index (κ1) is 25.5. The summed E-state index contributed by atoms with van der Waals surface area (Å²) in [4.78, 5) is 38.1. The van der Waals surface area contributed by atoms with Crippen molar-refractivity contribution in [2.75, 3.05) is 36.6 Å². The third kappa shape index (κ3) is 8.97. The van der Waals surface area contributed by atoms with Crippen LogP contribution in [-0.4, -0.2) is 43.3 Å². The van der Waals surface area contributed by atoms with E-state index in [1.807, 2.05) is 54.6 Å². The maximum Gasteiger partial charge on any atom is 0.243 e. The van der Waals surface area contributed by atoms with Gasteiger partial charge < -0.3 is 20.9 Å². The number of hydrogen-bond acceptors (Lipinski definition) is 4. The Labute approximate surface area is 206 Å².